The Bertz CT molecular complexity index is 368. The summed E-state index contributed by atoms with van der Waals surface area (Å²) in [5, 5.41) is 17.8. The van der Waals surface area contributed by atoms with Gasteiger partial charge in [0.05, 0.1) is 6.61 Å². The fraction of sp³-hybridized carbons (Fsp3) is 0.880. The van der Waals surface area contributed by atoms with Gasteiger partial charge in [0.2, 0.25) is 0 Å². The molecule has 172 valence electrons. The van der Waals surface area contributed by atoms with E-state index in [1.54, 1.807) is 0 Å². The zero-order valence-electron chi connectivity index (χ0n) is 19.1. The van der Waals surface area contributed by atoms with Crippen LogP contribution >= 0.6 is 0 Å². The van der Waals surface area contributed by atoms with Gasteiger partial charge in [-0.3, -0.25) is 4.79 Å². The van der Waals surface area contributed by atoms with E-state index in [1.165, 1.54) is 96.3 Å². The Morgan fingerprint density at radius 1 is 0.759 bits per heavy atom. The lowest BCUT2D eigenvalue weighted by Gasteiger charge is -2.08. The lowest BCUT2D eigenvalue weighted by atomic mass is 10.1. The van der Waals surface area contributed by atoms with Crippen LogP contribution in [0.3, 0.4) is 0 Å². The largest absolute Gasteiger partial charge is 0.463 e. The van der Waals surface area contributed by atoms with Crippen LogP contribution in [-0.4, -0.2) is 35.5 Å². The average Bonchev–Trinajstić information content (AvgIpc) is 2.73. The van der Waals surface area contributed by atoms with Gasteiger partial charge in [0.1, 0.15) is 12.7 Å². The summed E-state index contributed by atoms with van der Waals surface area (Å²) in [4.78, 5) is 11.4. The van der Waals surface area contributed by atoms with E-state index in [4.69, 9.17) is 14.9 Å². The van der Waals surface area contributed by atoms with Gasteiger partial charge < -0.3 is 14.9 Å². The third-order valence-corrected chi connectivity index (χ3v) is 5.29. The number of allylic oxidation sites excluding steroid dienone is 2. The minimum absolute atomic E-state index is 0.107. The van der Waals surface area contributed by atoms with Crippen molar-refractivity contribution in [3.8, 4) is 0 Å². The summed E-state index contributed by atoms with van der Waals surface area (Å²) in [5.74, 6) is -0.279. The van der Waals surface area contributed by atoms with Gasteiger partial charge in [-0.2, -0.15) is 0 Å². The van der Waals surface area contributed by atoms with Crippen molar-refractivity contribution in [3.05, 3.63) is 12.2 Å². The summed E-state index contributed by atoms with van der Waals surface area (Å²) < 4.78 is 4.88. The Morgan fingerprint density at radius 3 is 1.69 bits per heavy atom. The third-order valence-electron chi connectivity index (χ3n) is 5.29. The fourth-order valence-electron chi connectivity index (χ4n) is 3.36. The number of carbonyl (C=O) groups excluding carboxylic acids is 1. The lowest BCUT2D eigenvalue weighted by molar-refractivity contribution is -0.147. The average molecular weight is 413 g/mol. The van der Waals surface area contributed by atoms with Crippen molar-refractivity contribution in [2.45, 2.75) is 129 Å². The molecule has 0 aromatic rings. The molecule has 0 aliphatic rings. The maximum atomic E-state index is 11.4. The number of ether oxygens (including phenoxy) is 1. The summed E-state index contributed by atoms with van der Waals surface area (Å²) >= 11 is 0. The predicted octanol–water partition coefficient (Wildman–Crippen LogP) is 6.48. The number of aliphatic hydroxyl groups is 2. The smallest absolute Gasteiger partial charge is 0.305 e. The van der Waals surface area contributed by atoms with Crippen LogP contribution in [0.2, 0.25) is 0 Å². The van der Waals surface area contributed by atoms with Crippen LogP contribution in [0, 0.1) is 0 Å². The van der Waals surface area contributed by atoms with Crippen LogP contribution in [0.4, 0.5) is 0 Å². The van der Waals surface area contributed by atoms with Gasteiger partial charge in [0, 0.05) is 6.42 Å². The van der Waals surface area contributed by atoms with Crippen LogP contribution in [0.15, 0.2) is 12.2 Å². The highest BCUT2D eigenvalue weighted by Crippen LogP contribution is 2.12. The van der Waals surface area contributed by atoms with Gasteiger partial charge in [0.25, 0.3) is 0 Å². The van der Waals surface area contributed by atoms with E-state index in [2.05, 4.69) is 19.1 Å². The standard InChI is InChI=1S/C25H48O4/c1-2-3-4-5-6-7-8-9-10-11-12-13-14-15-16-17-18-19-20-21-25(28)29-23-24(27)22-26/h9-10,24,26-27H,2-8,11-23H2,1H3/t24-/m1/s1. The first-order valence-electron chi connectivity index (χ1n) is 12.3. The molecule has 0 amide bonds. The molecule has 0 aliphatic heterocycles. The first-order valence-corrected chi connectivity index (χ1v) is 12.3. The summed E-state index contributed by atoms with van der Waals surface area (Å²) in [6, 6.07) is 0. The second-order valence-electron chi connectivity index (χ2n) is 8.27. The van der Waals surface area contributed by atoms with Crippen LogP contribution in [0.25, 0.3) is 0 Å². The lowest BCUT2D eigenvalue weighted by Crippen LogP contribution is -2.21. The molecule has 0 fully saturated rings. The van der Waals surface area contributed by atoms with Crippen LogP contribution in [0.5, 0.6) is 0 Å². The number of esters is 1. The van der Waals surface area contributed by atoms with Gasteiger partial charge in [-0.05, 0) is 32.1 Å². The quantitative estimate of drug-likeness (QED) is 0.121. The minimum Gasteiger partial charge on any atom is -0.463 e. The minimum atomic E-state index is -0.958. The van der Waals surface area contributed by atoms with E-state index in [9.17, 15) is 4.79 Å². The molecule has 0 aliphatic carbocycles. The second kappa shape index (κ2) is 23.4. The summed E-state index contributed by atoms with van der Waals surface area (Å²) in [6.07, 6.45) is 25.9. The Kier molecular flexibility index (Phi) is 22.7. The molecular formula is C25H48O4. The molecule has 29 heavy (non-hydrogen) atoms. The normalized spacial score (nSPS) is 12.5. The van der Waals surface area contributed by atoms with Crippen molar-refractivity contribution < 1.29 is 19.7 Å². The maximum absolute atomic E-state index is 11.4. The number of hydrogen-bond acceptors (Lipinski definition) is 4. The van der Waals surface area contributed by atoms with Gasteiger partial charge in [-0.15, -0.1) is 0 Å². The van der Waals surface area contributed by atoms with Crippen molar-refractivity contribution in [2.24, 2.45) is 0 Å². The molecule has 0 radical (unpaired) electrons. The Hall–Kier alpha value is -0.870. The third kappa shape index (κ3) is 23.3. The molecule has 1 atom stereocenters. The molecule has 4 nitrogen and oxygen atoms in total. The first kappa shape index (κ1) is 28.1. The van der Waals surface area contributed by atoms with Gasteiger partial charge in [-0.25, -0.2) is 0 Å². The number of carbonyl (C=O) groups is 1. The molecule has 0 bridgehead atoms. The molecule has 0 unspecified atom stereocenters. The Labute approximate surface area is 180 Å². The van der Waals surface area contributed by atoms with Crippen LogP contribution < -0.4 is 0 Å². The molecule has 2 N–H and O–H groups in total. The molecule has 0 aromatic carbocycles. The van der Waals surface area contributed by atoms with Crippen molar-refractivity contribution in [1.82, 2.24) is 0 Å². The topological polar surface area (TPSA) is 66.8 Å². The van der Waals surface area contributed by atoms with E-state index >= 15 is 0 Å². The summed E-state index contributed by atoms with van der Waals surface area (Å²) in [7, 11) is 0. The van der Waals surface area contributed by atoms with Crippen LogP contribution in [0.1, 0.15) is 122 Å². The zero-order valence-corrected chi connectivity index (χ0v) is 19.1. The van der Waals surface area contributed by atoms with Crippen molar-refractivity contribution in [1.29, 1.82) is 0 Å². The van der Waals surface area contributed by atoms with E-state index in [0.29, 0.717) is 6.42 Å². The van der Waals surface area contributed by atoms with Crippen molar-refractivity contribution in [2.75, 3.05) is 13.2 Å². The second-order valence-corrected chi connectivity index (χ2v) is 8.27. The Balaban J connectivity index is 3.18. The number of unbranched alkanes of at least 4 members (excludes halogenated alkanes) is 15. The monoisotopic (exact) mass is 412 g/mol. The highest BCUT2D eigenvalue weighted by Gasteiger charge is 2.07. The SMILES string of the molecule is CCCCCCCCC=CCCCCCCCCCCCC(=O)OC[C@H](O)CO. The predicted molar refractivity (Wildman–Crippen MR) is 122 cm³/mol. The molecular weight excluding hydrogens is 364 g/mol. The number of hydrogen-bond donors (Lipinski definition) is 2. The highest BCUT2D eigenvalue weighted by atomic mass is 16.5. The molecule has 0 spiro atoms. The number of rotatable bonds is 22. The molecule has 0 saturated heterocycles. The van der Waals surface area contributed by atoms with Gasteiger partial charge >= 0.3 is 5.97 Å². The summed E-state index contributed by atoms with van der Waals surface area (Å²) in [5.41, 5.74) is 0. The van der Waals surface area contributed by atoms with E-state index in [0.717, 1.165) is 12.8 Å². The number of aliphatic hydroxyl groups excluding tert-OH is 2. The molecule has 0 heterocycles. The van der Waals surface area contributed by atoms with E-state index < -0.39 is 6.10 Å². The zero-order chi connectivity index (χ0) is 21.4. The first-order chi connectivity index (χ1) is 14.2. The van der Waals surface area contributed by atoms with Crippen molar-refractivity contribution >= 4 is 5.97 Å². The summed E-state index contributed by atoms with van der Waals surface area (Å²) in [6.45, 7) is 1.79. The van der Waals surface area contributed by atoms with Crippen molar-refractivity contribution in [3.63, 3.8) is 0 Å². The molecule has 4 heteroatoms. The maximum Gasteiger partial charge on any atom is 0.305 e. The highest BCUT2D eigenvalue weighted by molar-refractivity contribution is 5.69. The van der Waals surface area contributed by atoms with Crippen LogP contribution in [-0.2, 0) is 9.53 Å². The van der Waals surface area contributed by atoms with Gasteiger partial charge in [0.15, 0.2) is 0 Å². The fourth-order valence-corrected chi connectivity index (χ4v) is 3.36. The molecule has 0 saturated carbocycles. The van der Waals surface area contributed by atoms with E-state index in [-0.39, 0.29) is 19.2 Å². The van der Waals surface area contributed by atoms with E-state index in [1.807, 2.05) is 0 Å². The Morgan fingerprint density at radius 2 is 1.21 bits per heavy atom. The van der Waals surface area contributed by atoms with Gasteiger partial charge in [-0.1, -0.05) is 96.1 Å². The molecule has 0 rings (SSSR count). The molecule has 0 aromatic heterocycles.